The Morgan fingerprint density at radius 2 is 1.66 bits per heavy atom. The number of urea groups is 1. The smallest absolute Gasteiger partial charge is 0.323 e. The van der Waals surface area contributed by atoms with E-state index in [1.54, 1.807) is 23.1 Å². The quantitative estimate of drug-likeness (QED) is 0.503. The third kappa shape index (κ3) is 6.04. The van der Waals surface area contributed by atoms with Crippen LogP contribution in [0.2, 0.25) is 0 Å². The van der Waals surface area contributed by atoms with Gasteiger partial charge in [-0.05, 0) is 42.3 Å². The number of nitrogens with zero attached hydrogens (tertiary/aromatic N) is 1. The van der Waals surface area contributed by atoms with Crippen molar-refractivity contribution < 1.29 is 18.4 Å². The van der Waals surface area contributed by atoms with Gasteiger partial charge in [-0.25, -0.2) is 13.6 Å². The van der Waals surface area contributed by atoms with Gasteiger partial charge in [-0.1, -0.05) is 30.3 Å². The number of anilines is 3. The molecule has 0 aliphatic carbocycles. The van der Waals surface area contributed by atoms with Crippen molar-refractivity contribution in [3.8, 4) is 0 Å². The van der Waals surface area contributed by atoms with E-state index < -0.39 is 17.7 Å². The monoisotopic (exact) mass is 438 g/mol. The Hall–Kier alpha value is -3.94. The van der Waals surface area contributed by atoms with E-state index in [0.29, 0.717) is 36.0 Å². The van der Waals surface area contributed by atoms with Crippen LogP contribution in [0.4, 0.5) is 30.6 Å². The first-order valence-corrected chi connectivity index (χ1v) is 10.00. The van der Waals surface area contributed by atoms with Gasteiger partial charge in [0, 0.05) is 38.1 Å². The van der Waals surface area contributed by atoms with Crippen LogP contribution in [0, 0.1) is 11.6 Å². The fourth-order valence-corrected chi connectivity index (χ4v) is 3.12. The van der Waals surface area contributed by atoms with E-state index >= 15 is 0 Å². The van der Waals surface area contributed by atoms with E-state index in [0.717, 1.165) is 17.7 Å². The van der Waals surface area contributed by atoms with Crippen LogP contribution in [0.15, 0.2) is 66.7 Å². The van der Waals surface area contributed by atoms with Crippen LogP contribution in [0.25, 0.3) is 0 Å². The first kappa shape index (κ1) is 22.7. The fraction of sp³-hybridized carbons (Fsp3) is 0.167. The van der Waals surface area contributed by atoms with Crippen molar-refractivity contribution in [3.05, 3.63) is 89.5 Å². The first-order valence-electron chi connectivity index (χ1n) is 10.00. The van der Waals surface area contributed by atoms with Gasteiger partial charge in [-0.2, -0.15) is 0 Å². The largest absolute Gasteiger partial charge is 0.377 e. The molecule has 0 aromatic heterocycles. The SMILES string of the molecule is CN(C)c1ccc(NC(=O)Nc2ccc(F)cc2F)cc1C(=O)NCCc1ccccc1. The third-order valence-corrected chi connectivity index (χ3v) is 4.70. The van der Waals surface area contributed by atoms with Gasteiger partial charge in [-0.3, -0.25) is 4.79 Å². The normalized spacial score (nSPS) is 10.4. The Kier molecular flexibility index (Phi) is 7.38. The molecule has 0 atom stereocenters. The number of rotatable bonds is 7. The third-order valence-electron chi connectivity index (χ3n) is 4.70. The van der Waals surface area contributed by atoms with Crippen molar-refractivity contribution in [2.45, 2.75) is 6.42 Å². The number of carbonyl (C=O) groups excluding carboxylic acids is 2. The second-order valence-electron chi connectivity index (χ2n) is 7.32. The number of amides is 3. The Morgan fingerprint density at radius 3 is 2.34 bits per heavy atom. The minimum atomic E-state index is -0.887. The van der Waals surface area contributed by atoms with E-state index in [-0.39, 0.29) is 11.6 Å². The fourth-order valence-electron chi connectivity index (χ4n) is 3.12. The molecule has 32 heavy (non-hydrogen) atoms. The standard InChI is InChI=1S/C24H24F2N4O2/c1-30(2)22-11-9-18(28-24(32)29-21-10-8-17(25)14-20(21)26)15-19(22)23(31)27-13-12-16-6-4-3-5-7-16/h3-11,14-15H,12-13H2,1-2H3,(H,27,31)(H2,28,29,32). The first-order chi connectivity index (χ1) is 15.3. The Morgan fingerprint density at radius 1 is 0.906 bits per heavy atom. The van der Waals surface area contributed by atoms with Gasteiger partial charge in [0.15, 0.2) is 0 Å². The summed E-state index contributed by atoms with van der Waals surface area (Å²) in [6, 6.07) is 16.8. The van der Waals surface area contributed by atoms with Gasteiger partial charge in [-0.15, -0.1) is 0 Å². The van der Waals surface area contributed by atoms with Gasteiger partial charge in [0.25, 0.3) is 5.91 Å². The summed E-state index contributed by atoms with van der Waals surface area (Å²) >= 11 is 0. The Bertz CT molecular complexity index is 1100. The minimum absolute atomic E-state index is 0.160. The van der Waals surface area contributed by atoms with Crippen molar-refractivity contribution >= 4 is 29.0 Å². The zero-order chi connectivity index (χ0) is 23.1. The van der Waals surface area contributed by atoms with E-state index in [1.807, 2.05) is 44.4 Å². The molecule has 3 rings (SSSR count). The highest BCUT2D eigenvalue weighted by Crippen LogP contribution is 2.23. The van der Waals surface area contributed by atoms with Crippen LogP contribution in [0.3, 0.4) is 0 Å². The van der Waals surface area contributed by atoms with Crippen molar-refractivity contribution in [3.63, 3.8) is 0 Å². The van der Waals surface area contributed by atoms with Gasteiger partial charge in [0.1, 0.15) is 11.6 Å². The summed E-state index contributed by atoms with van der Waals surface area (Å²) in [5.74, 6) is -1.91. The van der Waals surface area contributed by atoms with Gasteiger partial charge >= 0.3 is 6.03 Å². The zero-order valence-electron chi connectivity index (χ0n) is 17.8. The highest BCUT2D eigenvalue weighted by atomic mass is 19.1. The molecule has 3 aromatic rings. The van der Waals surface area contributed by atoms with Crippen LogP contribution < -0.4 is 20.9 Å². The molecule has 0 radical (unpaired) electrons. The molecule has 6 nitrogen and oxygen atoms in total. The molecule has 0 aliphatic rings. The molecule has 166 valence electrons. The zero-order valence-corrected chi connectivity index (χ0v) is 17.8. The molecule has 3 N–H and O–H groups in total. The summed E-state index contributed by atoms with van der Waals surface area (Å²) < 4.78 is 26.8. The Balaban J connectivity index is 1.69. The maximum Gasteiger partial charge on any atom is 0.323 e. The van der Waals surface area contributed by atoms with Crippen LogP contribution >= 0.6 is 0 Å². The molecule has 0 heterocycles. The highest BCUT2D eigenvalue weighted by Gasteiger charge is 2.15. The van der Waals surface area contributed by atoms with Crippen LogP contribution in [0.5, 0.6) is 0 Å². The van der Waals surface area contributed by atoms with Crippen LogP contribution in [-0.2, 0) is 6.42 Å². The average Bonchev–Trinajstić information content (AvgIpc) is 2.76. The van der Waals surface area contributed by atoms with E-state index in [9.17, 15) is 18.4 Å². The lowest BCUT2D eigenvalue weighted by molar-refractivity contribution is 0.0954. The molecule has 3 aromatic carbocycles. The molecule has 0 spiro atoms. The lowest BCUT2D eigenvalue weighted by atomic mass is 10.1. The Labute approximate surface area is 185 Å². The molecule has 0 aliphatic heterocycles. The number of hydrogen-bond acceptors (Lipinski definition) is 3. The summed E-state index contributed by atoms with van der Waals surface area (Å²) in [5, 5.41) is 7.79. The molecule has 0 fully saturated rings. The predicted octanol–water partition coefficient (Wildman–Crippen LogP) is 4.65. The maximum atomic E-state index is 13.8. The van der Waals surface area contributed by atoms with E-state index in [1.165, 1.54) is 0 Å². The van der Waals surface area contributed by atoms with E-state index in [4.69, 9.17) is 0 Å². The molecule has 0 bridgehead atoms. The van der Waals surface area contributed by atoms with Crippen LogP contribution in [0.1, 0.15) is 15.9 Å². The lowest BCUT2D eigenvalue weighted by Gasteiger charge is -2.19. The topological polar surface area (TPSA) is 73.5 Å². The molecule has 3 amide bonds. The second-order valence-corrected chi connectivity index (χ2v) is 7.32. The van der Waals surface area contributed by atoms with Gasteiger partial charge < -0.3 is 20.9 Å². The van der Waals surface area contributed by atoms with Crippen LogP contribution in [-0.4, -0.2) is 32.6 Å². The summed E-state index contributed by atoms with van der Waals surface area (Å²) in [6.07, 6.45) is 0.688. The predicted molar refractivity (Wildman–Crippen MR) is 122 cm³/mol. The average molecular weight is 438 g/mol. The lowest BCUT2D eigenvalue weighted by Crippen LogP contribution is -2.28. The van der Waals surface area contributed by atoms with Crippen molar-refractivity contribution in [1.82, 2.24) is 5.32 Å². The number of hydrogen-bond donors (Lipinski definition) is 3. The molecular weight excluding hydrogens is 414 g/mol. The maximum absolute atomic E-state index is 13.8. The molecule has 0 saturated heterocycles. The number of carbonyl (C=O) groups is 2. The minimum Gasteiger partial charge on any atom is -0.377 e. The van der Waals surface area contributed by atoms with Crippen molar-refractivity contribution in [2.24, 2.45) is 0 Å². The molecular formula is C24H24F2N4O2. The molecule has 0 saturated carbocycles. The summed E-state index contributed by atoms with van der Waals surface area (Å²) in [7, 11) is 3.63. The number of benzene rings is 3. The van der Waals surface area contributed by atoms with E-state index in [2.05, 4.69) is 16.0 Å². The van der Waals surface area contributed by atoms with Crippen molar-refractivity contribution in [1.29, 1.82) is 0 Å². The summed E-state index contributed by atoms with van der Waals surface area (Å²) in [4.78, 5) is 26.9. The molecule has 0 unspecified atom stereocenters. The molecule has 8 heteroatoms. The highest BCUT2D eigenvalue weighted by molar-refractivity contribution is 6.04. The number of halogens is 2. The summed E-state index contributed by atoms with van der Waals surface area (Å²) in [6.45, 7) is 0.456. The second kappa shape index (κ2) is 10.4. The van der Waals surface area contributed by atoms with Gasteiger partial charge in [0.2, 0.25) is 0 Å². The van der Waals surface area contributed by atoms with Gasteiger partial charge in [0.05, 0.1) is 11.3 Å². The summed E-state index contributed by atoms with van der Waals surface area (Å²) in [5.41, 5.74) is 2.36. The number of nitrogens with one attached hydrogen (secondary N) is 3. The van der Waals surface area contributed by atoms with Crippen molar-refractivity contribution in [2.75, 3.05) is 36.2 Å².